The first kappa shape index (κ1) is 20.0. The van der Waals surface area contributed by atoms with Crippen LogP contribution in [0.3, 0.4) is 0 Å². The molecular formula is C22H30N2O2. The van der Waals surface area contributed by atoms with Crippen LogP contribution in [-0.2, 0) is 11.2 Å². The van der Waals surface area contributed by atoms with Gasteiger partial charge in [-0.2, -0.15) is 0 Å². The Hall–Kier alpha value is -2.33. The minimum Gasteiger partial charge on any atom is -0.484 e. The van der Waals surface area contributed by atoms with Crippen LogP contribution in [0, 0.1) is 0 Å². The number of benzene rings is 2. The van der Waals surface area contributed by atoms with Gasteiger partial charge in [0.1, 0.15) is 5.75 Å². The normalized spacial score (nSPS) is 12.0. The zero-order valence-electron chi connectivity index (χ0n) is 16.1. The summed E-state index contributed by atoms with van der Waals surface area (Å²) < 4.78 is 5.59. The van der Waals surface area contributed by atoms with E-state index >= 15 is 0 Å². The van der Waals surface area contributed by atoms with E-state index in [1.807, 2.05) is 42.5 Å². The molecule has 26 heavy (non-hydrogen) atoms. The van der Waals surface area contributed by atoms with E-state index in [1.54, 1.807) is 0 Å². The Bertz CT molecular complexity index is 652. The molecule has 0 saturated carbocycles. The maximum Gasteiger partial charge on any atom is 0.258 e. The van der Waals surface area contributed by atoms with Gasteiger partial charge < -0.3 is 10.1 Å². The number of nitrogens with zero attached hydrogens (tertiary/aromatic N) is 1. The second kappa shape index (κ2) is 10.6. The van der Waals surface area contributed by atoms with Crippen molar-refractivity contribution < 1.29 is 9.53 Å². The lowest BCUT2D eigenvalue weighted by Crippen LogP contribution is -2.39. The van der Waals surface area contributed by atoms with Gasteiger partial charge in [0, 0.05) is 6.54 Å². The first-order chi connectivity index (χ1) is 12.7. The minimum absolute atomic E-state index is 0.0330. The first-order valence-electron chi connectivity index (χ1n) is 9.45. The highest BCUT2D eigenvalue weighted by molar-refractivity contribution is 5.77. The number of likely N-dealkylation sites (N-methyl/N-ethyl adjacent to an activating group) is 1. The quantitative estimate of drug-likeness (QED) is 0.705. The van der Waals surface area contributed by atoms with Crippen molar-refractivity contribution in [3.05, 3.63) is 65.7 Å². The number of carbonyl (C=O) groups excluding carboxylic acids is 1. The zero-order valence-corrected chi connectivity index (χ0v) is 16.1. The monoisotopic (exact) mass is 354 g/mol. The molecule has 140 valence electrons. The van der Waals surface area contributed by atoms with Gasteiger partial charge in [0.25, 0.3) is 5.91 Å². The number of hydrogen-bond acceptors (Lipinski definition) is 3. The van der Waals surface area contributed by atoms with Crippen molar-refractivity contribution in [2.24, 2.45) is 0 Å². The standard InChI is InChI=1S/C22H30N2O2/c1-4-18-12-14-20(15-13-18)26-17-22(25)23-16-21(24(5-2)6-3)19-10-8-7-9-11-19/h7-15,21H,4-6,16-17H2,1-3H3,(H,23,25). The van der Waals surface area contributed by atoms with Gasteiger partial charge in [-0.25, -0.2) is 0 Å². The van der Waals surface area contributed by atoms with Crippen molar-refractivity contribution in [3.8, 4) is 5.75 Å². The van der Waals surface area contributed by atoms with Crippen LogP contribution in [0.1, 0.15) is 37.9 Å². The summed E-state index contributed by atoms with van der Waals surface area (Å²) in [7, 11) is 0. The van der Waals surface area contributed by atoms with E-state index in [4.69, 9.17) is 4.74 Å². The molecule has 0 fully saturated rings. The van der Waals surface area contributed by atoms with Gasteiger partial charge >= 0.3 is 0 Å². The maximum atomic E-state index is 12.2. The number of nitrogens with one attached hydrogen (secondary N) is 1. The van der Waals surface area contributed by atoms with Gasteiger partial charge in [0.15, 0.2) is 6.61 Å². The predicted octanol–water partition coefficient (Wildman–Crippen LogP) is 3.83. The summed E-state index contributed by atoms with van der Waals surface area (Å²) in [6, 6.07) is 18.4. The molecule has 0 aliphatic carbocycles. The Morgan fingerprint density at radius 1 is 1.00 bits per heavy atom. The van der Waals surface area contributed by atoms with Crippen LogP contribution in [0.15, 0.2) is 54.6 Å². The van der Waals surface area contributed by atoms with Crippen molar-refractivity contribution in [2.75, 3.05) is 26.2 Å². The molecule has 4 nitrogen and oxygen atoms in total. The summed E-state index contributed by atoms with van der Waals surface area (Å²) in [6.07, 6.45) is 0.993. The molecule has 1 atom stereocenters. The largest absolute Gasteiger partial charge is 0.484 e. The fourth-order valence-electron chi connectivity index (χ4n) is 3.03. The van der Waals surface area contributed by atoms with E-state index < -0.39 is 0 Å². The van der Waals surface area contributed by atoms with Gasteiger partial charge in [0.05, 0.1) is 6.04 Å². The minimum atomic E-state index is -0.0994. The lowest BCUT2D eigenvalue weighted by Gasteiger charge is -2.30. The van der Waals surface area contributed by atoms with Gasteiger partial charge in [-0.3, -0.25) is 9.69 Å². The Balaban J connectivity index is 1.89. The highest BCUT2D eigenvalue weighted by atomic mass is 16.5. The van der Waals surface area contributed by atoms with E-state index in [0.29, 0.717) is 6.54 Å². The van der Waals surface area contributed by atoms with Crippen LogP contribution in [0.25, 0.3) is 0 Å². The Labute approximate surface area is 157 Å². The molecule has 2 aromatic carbocycles. The van der Waals surface area contributed by atoms with Crippen LogP contribution < -0.4 is 10.1 Å². The van der Waals surface area contributed by atoms with Crippen molar-refractivity contribution in [2.45, 2.75) is 33.2 Å². The highest BCUT2D eigenvalue weighted by Gasteiger charge is 2.18. The SMILES string of the molecule is CCc1ccc(OCC(=O)NCC(c2ccccc2)N(CC)CC)cc1. The van der Waals surface area contributed by atoms with Gasteiger partial charge in [-0.05, 0) is 42.8 Å². The van der Waals surface area contributed by atoms with Crippen LogP contribution in [-0.4, -0.2) is 37.0 Å². The first-order valence-corrected chi connectivity index (χ1v) is 9.45. The van der Waals surface area contributed by atoms with E-state index in [2.05, 4.69) is 43.1 Å². The summed E-state index contributed by atoms with van der Waals surface area (Å²) >= 11 is 0. The van der Waals surface area contributed by atoms with Crippen molar-refractivity contribution in [3.63, 3.8) is 0 Å². The lowest BCUT2D eigenvalue weighted by molar-refractivity contribution is -0.123. The van der Waals surface area contributed by atoms with Crippen LogP contribution >= 0.6 is 0 Å². The number of carbonyl (C=O) groups is 1. The summed E-state index contributed by atoms with van der Waals surface area (Å²) in [5.41, 5.74) is 2.47. The zero-order chi connectivity index (χ0) is 18.8. The molecule has 0 saturated heterocycles. The molecule has 0 spiro atoms. The molecule has 2 rings (SSSR count). The molecule has 0 aromatic heterocycles. The topological polar surface area (TPSA) is 41.6 Å². The molecular weight excluding hydrogens is 324 g/mol. The Morgan fingerprint density at radius 3 is 2.23 bits per heavy atom. The molecule has 4 heteroatoms. The molecule has 1 unspecified atom stereocenters. The molecule has 0 aliphatic heterocycles. The Morgan fingerprint density at radius 2 is 1.65 bits per heavy atom. The number of amides is 1. The number of rotatable bonds is 10. The molecule has 1 N–H and O–H groups in total. The molecule has 2 aromatic rings. The molecule has 1 amide bonds. The van der Waals surface area contributed by atoms with Crippen LogP contribution in [0.2, 0.25) is 0 Å². The summed E-state index contributed by atoms with van der Waals surface area (Å²) in [5, 5.41) is 3.02. The fourth-order valence-corrected chi connectivity index (χ4v) is 3.03. The number of hydrogen-bond donors (Lipinski definition) is 1. The third-order valence-corrected chi connectivity index (χ3v) is 4.63. The summed E-state index contributed by atoms with van der Waals surface area (Å²) in [6.45, 7) is 8.88. The van der Waals surface area contributed by atoms with Gasteiger partial charge in [-0.1, -0.05) is 63.2 Å². The fraction of sp³-hybridized carbons (Fsp3) is 0.409. The molecule has 0 radical (unpaired) electrons. The second-order valence-electron chi connectivity index (χ2n) is 6.24. The van der Waals surface area contributed by atoms with E-state index in [-0.39, 0.29) is 18.6 Å². The average Bonchev–Trinajstić information content (AvgIpc) is 2.70. The van der Waals surface area contributed by atoms with E-state index in [9.17, 15) is 4.79 Å². The third kappa shape index (κ3) is 5.88. The highest BCUT2D eigenvalue weighted by Crippen LogP contribution is 2.19. The van der Waals surface area contributed by atoms with Crippen molar-refractivity contribution in [1.29, 1.82) is 0 Å². The molecule has 0 bridgehead atoms. The predicted molar refractivity (Wildman–Crippen MR) is 106 cm³/mol. The van der Waals surface area contributed by atoms with Crippen LogP contribution in [0.4, 0.5) is 0 Å². The summed E-state index contributed by atoms with van der Waals surface area (Å²) in [4.78, 5) is 14.6. The maximum absolute atomic E-state index is 12.2. The third-order valence-electron chi connectivity index (χ3n) is 4.63. The lowest BCUT2D eigenvalue weighted by atomic mass is 10.1. The number of ether oxygens (including phenoxy) is 1. The van der Waals surface area contributed by atoms with Crippen molar-refractivity contribution in [1.82, 2.24) is 10.2 Å². The Kier molecular flexibility index (Phi) is 8.16. The van der Waals surface area contributed by atoms with Crippen LogP contribution in [0.5, 0.6) is 5.75 Å². The molecule has 0 aliphatic rings. The van der Waals surface area contributed by atoms with Gasteiger partial charge in [0.2, 0.25) is 0 Å². The second-order valence-corrected chi connectivity index (χ2v) is 6.24. The van der Waals surface area contributed by atoms with Crippen molar-refractivity contribution >= 4 is 5.91 Å². The van der Waals surface area contributed by atoms with E-state index in [1.165, 1.54) is 11.1 Å². The molecule has 0 heterocycles. The summed E-state index contributed by atoms with van der Waals surface area (Å²) in [5.74, 6) is 0.623. The van der Waals surface area contributed by atoms with Gasteiger partial charge in [-0.15, -0.1) is 0 Å². The smallest absolute Gasteiger partial charge is 0.258 e. The average molecular weight is 354 g/mol. The van der Waals surface area contributed by atoms with E-state index in [0.717, 1.165) is 25.3 Å². The number of aryl methyl sites for hydroxylation is 1.